The Morgan fingerprint density at radius 1 is 1.08 bits per heavy atom. The number of nitrogens with one attached hydrogen (secondary N) is 1. The number of fused-ring (bicyclic) bond motifs is 1. The lowest BCUT2D eigenvalue weighted by Crippen LogP contribution is -2.51. The Balaban J connectivity index is 1.80. The van der Waals surface area contributed by atoms with Gasteiger partial charge in [-0.05, 0) is 151 Å². The normalized spacial score (nSPS) is 17.2. The van der Waals surface area contributed by atoms with Crippen LogP contribution in [0, 0.1) is 0 Å². The van der Waals surface area contributed by atoms with Crippen LogP contribution < -0.4 is 5.32 Å². The van der Waals surface area contributed by atoms with Gasteiger partial charge in [0.25, 0.3) is 0 Å². The average Bonchev–Trinajstić information content (AvgIpc) is 3.59. The molecule has 0 bridgehead atoms. The van der Waals surface area contributed by atoms with Gasteiger partial charge in [-0.25, -0.2) is 13.8 Å². The molecule has 1 fully saturated rings. The van der Waals surface area contributed by atoms with Crippen molar-refractivity contribution in [2.45, 2.75) is 145 Å². The maximum Gasteiger partial charge on any atom is 0.206 e. The second kappa shape index (κ2) is 22.9. The van der Waals surface area contributed by atoms with Crippen LogP contribution in [0.25, 0.3) is 16.3 Å². The number of phenols is 1. The van der Waals surface area contributed by atoms with E-state index in [2.05, 4.69) is 70.0 Å². The summed E-state index contributed by atoms with van der Waals surface area (Å²) in [7, 11) is 5.88. The number of hydrogen-bond acceptors (Lipinski definition) is 8. The van der Waals surface area contributed by atoms with Crippen LogP contribution in [0.3, 0.4) is 0 Å². The summed E-state index contributed by atoms with van der Waals surface area (Å²) >= 11 is 0. The maximum absolute atomic E-state index is 17.2. The highest BCUT2D eigenvalue weighted by Gasteiger charge is 2.32. The number of piperidine rings is 1. The van der Waals surface area contributed by atoms with Crippen LogP contribution in [-0.4, -0.2) is 88.2 Å². The standard InChI is InChI=1S/C49H73F2N7O2/c1-13-20-39(15-3)57-25-19-18-21-47(57)35(8)60-36(9)53-30-45(51)49(43-29-41(59)27-37-22-23-46(52-10)42(16-4)48(37)43)44(50)26-33(6)34(7)56(17-5)32-40-28-38(31-55(11)12)54-58(40)24-14-2/h22-23,26-30,35,39,47,52,59H,9,13-21,24-25,31-32H2,1-8,10-12H3/b34-33-,44-26+,49-45+,53-30+. The van der Waals surface area contributed by atoms with Crippen molar-refractivity contribution >= 4 is 28.2 Å². The number of allylic oxidation sites excluding steroid dienone is 6. The van der Waals surface area contributed by atoms with Crippen molar-refractivity contribution in [2.75, 3.05) is 39.5 Å². The summed E-state index contributed by atoms with van der Waals surface area (Å²) in [5, 5.41) is 20.4. The smallest absolute Gasteiger partial charge is 0.206 e. The van der Waals surface area contributed by atoms with Gasteiger partial charge in [0.2, 0.25) is 5.88 Å². The topological polar surface area (TPSA) is 81.4 Å². The van der Waals surface area contributed by atoms with Gasteiger partial charge in [-0.15, -0.1) is 0 Å². The number of halogens is 2. The molecule has 3 atom stereocenters. The Morgan fingerprint density at radius 3 is 2.47 bits per heavy atom. The molecular weight excluding hydrogens is 757 g/mol. The number of aromatic hydroxyl groups is 1. The highest BCUT2D eigenvalue weighted by molar-refractivity contribution is 6.05. The second-order valence-corrected chi connectivity index (χ2v) is 16.5. The zero-order chi connectivity index (χ0) is 44.1. The van der Waals surface area contributed by atoms with Gasteiger partial charge < -0.3 is 25.0 Å². The van der Waals surface area contributed by atoms with Crippen molar-refractivity contribution in [3.8, 4) is 5.75 Å². The summed E-state index contributed by atoms with van der Waals surface area (Å²) in [6.07, 6.45) is 10.3. The van der Waals surface area contributed by atoms with Crippen LogP contribution in [0.2, 0.25) is 0 Å². The van der Waals surface area contributed by atoms with Gasteiger partial charge in [0.1, 0.15) is 17.7 Å². The average molecular weight is 830 g/mol. The van der Waals surface area contributed by atoms with Gasteiger partial charge in [-0.3, -0.25) is 9.58 Å². The third-order valence-electron chi connectivity index (χ3n) is 11.9. The molecule has 1 aliphatic heterocycles. The largest absolute Gasteiger partial charge is 0.508 e. The van der Waals surface area contributed by atoms with Crippen LogP contribution in [0.15, 0.2) is 76.8 Å². The van der Waals surface area contributed by atoms with Crippen LogP contribution >= 0.6 is 0 Å². The fourth-order valence-electron chi connectivity index (χ4n) is 8.82. The van der Waals surface area contributed by atoms with Crippen LogP contribution in [-0.2, 0) is 30.8 Å². The van der Waals surface area contributed by atoms with Gasteiger partial charge in [0, 0.05) is 50.2 Å². The molecule has 3 aromatic rings. The van der Waals surface area contributed by atoms with Crippen molar-refractivity contribution in [1.29, 1.82) is 0 Å². The number of aromatic nitrogens is 2. The lowest BCUT2D eigenvalue weighted by atomic mass is 9.90. The molecule has 330 valence electrons. The van der Waals surface area contributed by atoms with Crippen LogP contribution in [0.5, 0.6) is 5.75 Å². The zero-order valence-electron chi connectivity index (χ0n) is 38.5. The second-order valence-electron chi connectivity index (χ2n) is 16.5. The molecular formula is C49H73F2N7O2. The molecule has 3 unspecified atom stereocenters. The van der Waals surface area contributed by atoms with E-state index in [0.29, 0.717) is 41.9 Å². The molecule has 2 N–H and O–H groups in total. The van der Waals surface area contributed by atoms with E-state index in [0.717, 1.165) is 99.1 Å². The first-order valence-corrected chi connectivity index (χ1v) is 22.2. The fraction of sp³-hybridized carbons (Fsp3) is 0.551. The Bertz CT molecular complexity index is 2030. The van der Waals surface area contributed by atoms with Crippen molar-refractivity contribution in [1.82, 2.24) is 24.5 Å². The number of aliphatic imine (C=N–C) groups is 1. The summed E-state index contributed by atoms with van der Waals surface area (Å²) in [5.74, 6) is -1.74. The van der Waals surface area contributed by atoms with E-state index in [-0.39, 0.29) is 34.9 Å². The quantitative estimate of drug-likeness (QED) is 0.0593. The number of phenolic OH excluding ortho intramolecular Hbond substituents is 1. The summed E-state index contributed by atoms with van der Waals surface area (Å²) in [5.41, 5.74) is 5.20. The van der Waals surface area contributed by atoms with E-state index in [1.165, 1.54) is 12.1 Å². The Hall–Kier alpha value is -4.48. The minimum Gasteiger partial charge on any atom is -0.508 e. The molecule has 9 nitrogen and oxygen atoms in total. The molecule has 0 amide bonds. The lowest BCUT2D eigenvalue weighted by molar-refractivity contribution is -0.0104. The minimum atomic E-state index is -0.909. The Morgan fingerprint density at radius 2 is 1.83 bits per heavy atom. The van der Waals surface area contributed by atoms with Gasteiger partial charge in [-0.1, -0.05) is 46.6 Å². The summed E-state index contributed by atoms with van der Waals surface area (Å²) in [6.45, 7) is 24.4. The number of rotatable bonds is 22. The SMILES string of the molecule is C=C(/N=C/C(F)=C(\C(F)=C/C(C)=C(/C)N(CC)Cc1cc(CN(C)C)nn1CCC)c1cc(O)cc2ccc(NC)c(CC)c12)OC(C)C1CCCCN1C(CC)CCC. The first kappa shape index (κ1) is 48.2. The van der Waals surface area contributed by atoms with Crippen LogP contribution in [0.1, 0.15) is 123 Å². The molecule has 1 aromatic heterocycles. The molecule has 0 aliphatic carbocycles. The molecule has 0 saturated carbocycles. The number of likely N-dealkylation sites (tertiary alicyclic amines) is 1. The van der Waals surface area contributed by atoms with Crippen molar-refractivity contribution < 1.29 is 18.6 Å². The molecule has 1 saturated heterocycles. The van der Waals surface area contributed by atoms with Gasteiger partial charge in [0.05, 0.1) is 29.7 Å². The molecule has 11 heteroatoms. The predicted molar refractivity (Wildman–Crippen MR) is 248 cm³/mol. The summed E-state index contributed by atoms with van der Waals surface area (Å²) < 4.78 is 42.6. The van der Waals surface area contributed by atoms with E-state index >= 15 is 8.78 Å². The van der Waals surface area contributed by atoms with Crippen molar-refractivity contribution in [2.24, 2.45) is 4.99 Å². The molecule has 0 spiro atoms. The number of nitrogens with zero attached hydrogens (tertiary/aromatic N) is 6. The Kier molecular flexibility index (Phi) is 18.4. The van der Waals surface area contributed by atoms with E-state index in [4.69, 9.17) is 9.84 Å². The number of benzene rings is 2. The van der Waals surface area contributed by atoms with E-state index in [9.17, 15) is 5.11 Å². The third kappa shape index (κ3) is 12.1. The maximum atomic E-state index is 17.2. The molecule has 2 aromatic carbocycles. The number of ether oxygens (including phenoxy) is 1. The molecule has 4 rings (SSSR count). The number of aryl methyl sites for hydroxylation is 2. The van der Waals surface area contributed by atoms with Gasteiger partial charge in [-0.2, -0.15) is 5.10 Å². The molecule has 1 aliphatic rings. The summed E-state index contributed by atoms with van der Waals surface area (Å²) in [4.78, 5) is 11.2. The molecule has 60 heavy (non-hydrogen) atoms. The van der Waals surface area contributed by atoms with E-state index < -0.39 is 11.7 Å². The fourth-order valence-corrected chi connectivity index (χ4v) is 8.82. The van der Waals surface area contributed by atoms with Crippen molar-refractivity contribution in [3.63, 3.8) is 0 Å². The zero-order valence-corrected chi connectivity index (χ0v) is 38.5. The van der Waals surface area contributed by atoms with E-state index in [1.54, 1.807) is 6.07 Å². The molecule has 0 radical (unpaired) electrons. The van der Waals surface area contributed by atoms with Gasteiger partial charge >= 0.3 is 0 Å². The highest BCUT2D eigenvalue weighted by atomic mass is 19.1. The van der Waals surface area contributed by atoms with E-state index in [1.807, 2.05) is 61.0 Å². The lowest BCUT2D eigenvalue weighted by Gasteiger charge is -2.43. The predicted octanol–water partition coefficient (Wildman–Crippen LogP) is 11.5. The monoisotopic (exact) mass is 830 g/mol. The molecule has 2 heterocycles. The number of anilines is 1. The van der Waals surface area contributed by atoms with Gasteiger partial charge in [0.15, 0.2) is 5.83 Å². The minimum absolute atomic E-state index is 0.0597. The first-order chi connectivity index (χ1) is 28.7. The number of hydrogen-bond donors (Lipinski definition) is 2. The highest BCUT2D eigenvalue weighted by Crippen LogP contribution is 2.40. The Labute approximate surface area is 359 Å². The first-order valence-electron chi connectivity index (χ1n) is 22.2. The third-order valence-corrected chi connectivity index (χ3v) is 11.9. The van der Waals surface area contributed by atoms with Crippen molar-refractivity contribution in [3.05, 3.63) is 94.3 Å². The van der Waals surface area contributed by atoms with Crippen LogP contribution in [0.4, 0.5) is 14.5 Å². The summed E-state index contributed by atoms with van der Waals surface area (Å²) in [6, 6.07) is 9.65.